The van der Waals surface area contributed by atoms with Crippen molar-refractivity contribution in [3.63, 3.8) is 0 Å². The standard InChI is InChI=1S/C17H33N3O/c1-14(15-7-5-4-6-8-15)18-16-9-11-20(12-10-16)13-17(21)19(2)3/h14-16,18H,4-13H2,1-3H3/t14-/m1/s1. The van der Waals surface area contributed by atoms with Crippen molar-refractivity contribution in [3.05, 3.63) is 0 Å². The molecule has 0 aromatic carbocycles. The quantitative estimate of drug-likeness (QED) is 0.844. The van der Waals surface area contributed by atoms with Gasteiger partial charge in [-0.05, 0) is 38.5 Å². The van der Waals surface area contributed by atoms with E-state index in [-0.39, 0.29) is 5.91 Å². The second-order valence-electron chi connectivity index (χ2n) is 7.19. The lowest BCUT2D eigenvalue weighted by Crippen LogP contribution is -2.49. The molecule has 122 valence electrons. The van der Waals surface area contributed by atoms with Crippen LogP contribution >= 0.6 is 0 Å². The van der Waals surface area contributed by atoms with Gasteiger partial charge in [0.1, 0.15) is 0 Å². The number of likely N-dealkylation sites (N-methyl/N-ethyl adjacent to an activating group) is 1. The van der Waals surface area contributed by atoms with Crippen LogP contribution in [0, 0.1) is 5.92 Å². The number of likely N-dealkylation sites (tertiary alicyclic amines) is 1. The first-order valence-electron chi connectivity index (χ1n) is 8.75. The minimum absolute atomic E-state index is 0.219. The fourth-order valence-electron chi connectivity index (χ4n) is 3.73. The van der Waals surface area contributed by atoms with E-state index in [1.165, 1.54) is 44.9 Å². The molecule has 0 aromatic rings. The van der Waals surface area contributed by atoms with E-state index in [2.05, 4.69) is 17.1 Å². The third-order valence-electron chi connectivity index (χ3n) is 5.30. The molecular formula is C17H33N3O. The lowest BCUT2D eigenvalue weighted by molar-refractivity contribution is -0.130. The molecule has 0 bridgehead atoms. The van der Waals surface area contributed by atoms with Gasteiger partial charge < -0.3 is 10.2 Å². The number of piperidine rings is 1. The van der Waals surface area contributed by atoms with Crippen molar-refractivity contribution in [1.82, 2.24) is 15.1 Å². The van der Waals surface area contributed by atoms with Crippen molar-refractivity contribution in [2.45, 2.75) is 64.0 Å². The smallest absolute Gasteiger partial charge is 0.236 e. The van der Waals surface area contributed by atoms with Crippen molar-refractivity contribution in [1.29, 1.82) is 0 Å². The van der Waals surface area contributed by atoms with Crippen LogP contribution in [0.25, 0.3) is 0 Å². The van der Waals surface area contributed by atoms with E-state index < -0.39 is 0 Å². The second-order valence-corrected chi connectivity index (χ2v) is 7.19. The molecule has 1 heterocycles. The number of nitrogens with zero attached hydrogens (tertiary/aromatic N) is 2. The summed E-state index contributed by atoms with van der Waals surface area (Å²) in [4.78, 5) is 15.7. The van der Waals surface area contributed by atoms with Gasteiger partial charge in [0.2, 0.25) is 5.91 Å². The molecule has 0 unspecified atom stereocenters. The molecule has 2 aliphatic rings. The van der Waals surface area contributed by atoms with Gasteiger partial charge in [-0.25, -0.2) is 0 Å². The van der Waals surface area contributed by atoms with Gasteiger partial charge in [0.05, 0.1) is 6.54 Å². The minimum atomic E-state index is 0.219. The van der Waals surface area contributed by atoms with Gasteiger partial charge in [-0.15, -0.1) is 0 Å². The summed E-state index contributed by atoms with van der Waals surface area (Å²) in [5.41, 5.74) is 0. The van der Waals surface area contributed by atoms with E-state index in [9.17, 15) is 4.79 Å². The largest absolute Gasteiger partial charge is 0.348 e. The predicted molar refractivity (Wildman–Crippen MR) is 87.3 cm³/mol. The minimum Gasteiger partial charge on any atom is -0.348 e. The molecule has 4 nitrogen and oxygen atoms in total. The molecule has 0 radical (unpaired) electrons. The van der Waals surface area contributed by atoms with Crippen molar-refractivity contribution < 1.29 is 4.79 Å². The number of nitrogens with one attached hydrogen (secondary N) is 1. The molecule has 1 saturated heterocycles. The molecular weight excluding hydrogens is 262 g/mol. The molecule has 1 aliphatic carbocycles. The van der Waals surface area contributed by atoms with E-state index in [0.717, 1.165) is 19.0 Å². The van der Waals surface area contributed by atoms with E-state index in [1.807, 2.05) is 14.1 Å². The highest BCUT2D eigenvalue weighted by Gasteiger charge is 2.25. The Labute approximate surface area is 130 Å². The topological polar surface area (TPSA) is 35.6 Å². The predicted octanol–water partition coefficient (Wildman–Crippen LogP) is 2.10. The van der Waals surface area contributed by atoms with Crippen molar-refractivity contribution in [3.8, 4) is 0 Å². The normalized spacial score (nSPS) is 24.0. The first-order chi connectivity index (χ1) is 10.1. The van der Waals surface area contributed by atoms with E-state index in [1.54, 1.807) is 4.90 Å². The Bertz CT molecular complexity index is 318. The van der Waals surface area contributed by atoms with E-state index in [0.29, 0.717) is 18.6 Å². The SMILES string of the molecule is C[C@@H](NC1CCN(CC(=O)N(C)C)CC1)C1CCCCC1. The van der Waals surface area contributed by atoms with Gasteiger partial charge in [-0.2, -0.15) is 0 Å². The number of carbonyl (C=O) groups is 1. The van der Waals surface area contributed by atoms with Gasteiger partial charge in [0, 0.05) is 39.3 Å². The maximum Gasteiger partial charge on any atom is 0.236 e. The van der Waals surface area contributed by atoms with E-state index >= 15 is 0 Å². The molecule has 1 aliphatic heterocycles. The van der Waals surface area contributed by atoms with Crippen LogP contribution in [0.3, 0.4) is 0 Å². The summed E-state index contributed by atoms with van der Waals surface area (Å²) in [5.74, 6) is 1.10. The second kappa shape index (κ2) is 8.14. The first-order valence-corrected chi connectivity index (χ1v) is 8.75. The average molecular weight is 295 g/mol. The number of carbonyl (C=O) groups excluding carboxylic acids is 1. The lowest BCUT2D eigenvalue weighted by atomic mass is 9.84. The Hall–Kier alpha value is -0.610. The molecule has 2 fully saturated rings. The summed E-state index contributed by atoms with van der Waals surface area (Å²) < 4.78 is 0. The van der Waals surface area contributed by atoms with Crippen LogP contribution in [0.5, 0.6) is 0 Å². The van der Waals surface area contributed by atoms with Crippen LogP contribution in [0.4, 0.5) is 0 Å². The summed E-state index contributed by atoms with van der Waals surface area (Å²) >= 11 is 0. The van der Waals surface area contributed by atoms with Gasteiger partial charge in [-0.1, -0.05) is 19.3 Å². The fraction of sp³-hybridized carbons (Fsp3) is 0.941. The average Bonchev–Trinajstić information content (AvgIpc) is 2.50. The monoisotopic (exact) mass is 295 g/mol. The molecule has 2 rings (SSSR count). The van der Waals surface area contributed by atoms with E-state index in [4.69, 9.17) is 0 Å². The van der Waals surface area contributed by atoms with Gasteiger partial charge >= 0.3 is 0 Å². The van der Waals surface area contributed by atoms with Crippen LogP contribution in [-0.4, -0.2) is 61.5 Å². The number of rotatable bonds is 5. The zero-order valence-corrected chi connectivity index (χ0v) is 14.1. The summed E-state index contributed by atoms with van der Waals surface area (Å²) in [6.07, 6.45) is 9.44. The highest BCUT2D eigenvalue weighted by atomic mass is 16.2. The van der Waals surface area contributed by atoms with Crippen molar-refractivity contribution in [2.75, 3.05) is 33.7 Å². The zero-order chi connectivity index (χ0) is 15.2. The Balaban J connectivity index is 1.67. The Morgan fingerprint density at radius 2 is 1.76 bits per heavy atom. The van der Waals surface area contributed by atoms with Crippen molar-refractivity contribution >= 4 is 5.91 Å². The third kappa shape index (κ3) is 5.26. The molecule has 0 spiro atoms. The lowest BCUT2D eigenvalue weighted by Gasteiger charge is -2.36. The Kier molecular flexibility index (Phi) is 6.49. The summed E-state index contributed by atoms with van der Waals surface area (Å²) in [6.45, 7) is 5.05. The Morgan fingerprint density at radius 3 is 2.33 bits per heavy atom. The zero-order valence-electron chi connectivity index (χ0n) is 14.1. The molecule has 1 amide bonds. The Morgan fingerprint density at radius 1 is 1.14 bits per heavy atom. The number of hydrogen-bond donors (Lipinski definition) is 1. The van der Waals surface area contributed by atoms with Crippen molar-refractivity contribution in [2.24, 2.45) is 5.92 Å². The van der Waals surface area contributed by atoms with Crippen LogP contribution in [-0.2, 0) is 4.79 Å². The van der Waals surface area contributed by atoms with Gasteiger partial charge in [0.15, 0.2) is 0 Å². The summed E-state index contributed by atoms with van der Waals surface area (Å²) in [5, 5.41) is 3.86. The van der Waals surface area contributed by atoms with Crippen LogP contribution in [0.2, 0.25) is 0 Å². The van der Waals surface area contributed by atoms with Gasteiger partial charge in [0.25, 0.3) is 0 Å². The molecule has 21 heavy (non-hydrogen) atoms. The van der Waals surface area contributed by atoms with Crippen LogP contribution in [0.1, 0.15) is 51.9 Å². The number of amides is 1. The van der Waals surface area contributed by atoms with Gasteiger partial charge in [-0.3, -0.25) is 9.69 Å². The molecule has 1 atom stereocenters. The summed E-state index contributed by atoms with van der Waals surface area (Å²) in [6, 6.07) is 1.30. The maximum atomic E-state index is 11.7. The first kappa shape index (κ1) is 16.8. The molecule has 0 aromatic heterocycles. The van der Waals surface area contributed by atoms with Crippen LogP contribution < -0.4 is 5.32 Å². The third-order valence-corrected chi connectivity index (χ3v) is 5.30. The highest BCUT2D eigenvalue weighted by molar-refractivity contribution is 5.77. The highest BCUT2D eigenvalue weighted by Crippen LogP contribution is 2.27. The molecule has 4 heteroatoms. The maximum absolute atomic E-state index is 11.7. The summed E-state index contributed by atoms with van der Waals surface area (Å²) in [7, 11) is 3.67. The molecule has 1 N–H and O–H groups in total. The fourth-order valence-corrected chi connectivity index (χ4v) is 3.73. The molecule has 1 saturated carbocycles. The van der Waals surface area contributed by atoms with Crippen LogP contribution in [0.15, 0.2) is 0 Å². The number of hydrogen-bond acceptors (Lipinski definition) is 3.